The van der Waals surface area contributed by atoms with Crippen LogP contribution in [-0.2, 0) is 4.74 Å². The summed E-state index contributed by atoms with van der Waals surface area (Å²) in [5, 5.41) is 0. The maximum Gasteiger partial charge on any atom is 0.232 e. The Balaban J connectivity index is 1.82. The number of ether oxygens (including phenoxy) is 1. The molecule has 0 saturated carbocycles. The molecule has 3 rings (SSSR count). The van der Waals surface area contributed by atoms with Gasteiger partial charge in [-0.25, -0.2) is 0 Å². The van der Waals surface area contributed by atoms with Gasteiger partial charge in [-0.3, -0.25) is 0 Å². The molecule has 0 spiro atoms. The van der Waals surface area contributed by atoms with E-state index in [2.05, 4.69) is 31.7 Å². The molecule has 2 aliphatic heterocycles. The summed E-state index contributed by atoms with van der Waals surface area (Å²) in [6.45, 7) is 6.36. The second kappa shape index (κ2) is 5.78. The van der Waals surface area contributed by atoms with Crippen molar-refractivity contribution < 1.29 is 4.74 Å². The van der Waals surface area contributed by atoms with Crippen LogP contribution in [0.3, 0.4) is 0 Å². The zero-order valence-electron chi connectivity index (χ0n) is 12.0. The van der Waals surface area contributed by atoms with Crippen LogP contribution in [0.15, 0.2) is 0 Å². The van der Waals surface area contributed by atoms with E-state index in [1.54, 1.807) is 0 Å². The smallest absolute Gasteiger partial charge is 0.232 e. The predicted octanol–water partition coefficient (Wildman–Crippen LogP) is 0.669. The number of morpholine rings is 1. The van der Waals surface area contributed by atoms with Gasteiger partial charge in [0, 0.05) is 26.2 Å². The number of aromatic nitrogens is 3. The molecule has 2 fully saturated rings. The molecule has 2 aliphatic rings. The van der Waals surface area contributed by atoms with Crippen LogP contribution in [0.25, 0.3) is 0 Å². The van der Waals surface area contributed by atoms with Crippen molar-refractivity contribution in [3.05, 3.63) is 0 Å². The fourth-order valence-corrected chi connectivity index (χ4v) is 2.75. The molecule has 0 amide bonds. The topological polar surface area (TPSA) is 80.4 Å². The van der Waals surface area contributed by atoms with Crippen molar-refractivity contribution in [3.63, 3.8) is 0 Å². The van der Waals surface area contributed by atoms with Gasteiger partial charge < -0.3 is 20.3 Å². The Labute approximate surface area is 119 Å². The minimum absolute atomic E-state index is 0.195. The van der Waals surface area contributed by atoms with Crippen molar-refractivity contribution in [2.24, 2.45) is 0 Å². The van der Waals surface area contributed by atoms with E-state index < -0.39 is 0 Å². The van der Waals surface area contributed by atoms with Crippen LogP contribution < -0.4 is 15.5 Å². The molecule has 0 aromatic carbocycles. The Morgan fingerprint density at radius 1 is 1.00 bits per heavy atom. The van der Waals surface area contributed by atoms with Gasteiger partial charge >= 0.3 is 0 Å². The van der Waals surface area contributed by atoms with Gasteiger partial charge in [-0.1, -0.05) is 0 Å². The lowest BCUT2D eigenvalue weighted by atomic mass is 10.1. The van der Waals surface area contributed by atoms with E-state index in [9.17, 15) is 0 Å². The third-order valence-electron chi connectivity index (χ3n) is 3.79. The second-order valence-electron chi connectivity index (χ2n) is 5.47. The standard InChI is InChI=1S/C13H22N6O/c1-10-9-19(7-8-20-10)13-16-11(14)15-12(17-13)18-5-3-2-4-6-18/h10H,2-9H2,1H3,(H2,14,15,16,17). The molecule has 1 atom stereocenters. The van der Waals surface area contributed by atoms with Crippen LogP contribution in [0.5, 0.6) is 0 Å². The predicted molar refractivity (Wildman–Crippen MR) is 77.9 cm³/mol. The molecule has 2 N–H and O–H groups in total. The van der Waals surface area contributed by atoms with Crippen LogP contribution in [-0.4, -0.2) is 53.8 Å². The number of rotatable bonds is 2. The first kappa shape index (κ1) is 13.4. The van der Waals surface area contributed by atoms with Crippen molar-refractivity contribution >= 4 is 17.8 Å². The SMILES string of the molecule is CC1CN(c2nc(N)nc(N3CCCCC3)n2)CCO1. The summed E-state index contributed by atoms with van der Waals surface area (Å²) in [6, 6.07) is 0. The highest BCUT2D eigenvalue weighted by Crippen LogP contribution is 2.20. The summed E-state index contributed by atoms with van der Waals surface area (Å²) in [5.41, 5.74) is 5.86. The molecule has 0 radical (unpaired) electrons. The van der Waals surface area contributed by atoms with Crippen LogP contribution in [0.1, 0.15) is 26.2 Å². The van der Waals surface area contributed by atoms with E-state index in [1.807, 2.05) is 0 Å². The molecule has 1 aromatic heterocycles. The summed E-state index contributed by atoms with van der Waals surface area (Å²) >= 11 is 0. The van der Waals surface area contributed by atoms with E-state index in [4.69, 9.17) is 10.5 Å². The van der Waals surface area contributed by atoms with Crippen molar-refractivity contribution in [1.82, 2.24) is 15.0 Å². The third-order valence-corrected chi connectivity index (χ3v) is 3.79. The number of piperidine rings is 1. The molecular weight excluding hydrogens is 256 g/mol. The van der Waals surface area contributed by atoms with Gasteiger partial charge in [-0.15, -0.1) is 0 Å². The zero-order valence-corrected chi connectivity index (χ0v) is 12.0. The first-order valence-electron chi connectivity index (χ1n) is 7.35. The minimum Gasteiger partial charge on any atom is -0.375 e. The van der Waals surface area contributed by atoms with Crippen molar-refractivity contribution in [2.75, 3.05) is 48.3 Å². The zero-order chi connectivity index (χ0) is 13.9. The maximum atomic E-state index is 5.86. The van der Waals surface area contributed by atoms with Crippen molar-refractivity contribution in [3.8, 4) is 0 Å². The summed E-state index contributed by atoms with van der Waals surface area (Å²) in [7, 11) is 0. The number of anilines is 3. The number of nitrogen functional groups attached to an aromatic ring is 1. The molecule has 0 bridgehead atoms. The van der Waals surface area contributed by atoms with Crippen LogP contribution in [0.2, 0.25) is 0 Å². The van der Waals surface area contributed by atoms with Crippen molar-refractivity contribution in [2.45, 2.75) is 32.3 Å². The van der Waals surface area contributed by atoms with Crippen molar-refractivity contribution in [1.29, 1.82) is 0 Å². The van der Waals surface area contributed by atoms with E-state index in [1.165, 1.54) is 19.3 Å². The Kier molecular flexibility index (Phi) is 3.86. The van der Waals surface area contributed by atoms with Crippen LogP contribution in [0.4, 0.5) is 17.8 Å². The fraction of sp³-hybridized carbons (Fsp3) is 0.769. The summed E-state index contributed by atoms with van der Waals surface area (Å²) in [6.07, 6.45) is 3.86. The molecular formula is C13H22N6O. The van der Waals surface area contributed by atoms with E-state index in [-0.39, 0.29) is 6.10 Å². The monoisotopic (exact) mass is 278 g/mol. The maximum absolute atomic E-state index is 5.86. The van der Waals surface area contributed by atoms with Gasteiger partial charge in [0.05, 0.1) is 12.7 Å². The molecule has 110 valence electrons. The minimum atomic E-state index is 0.195. The Morgan fingerprint density at radius 3 is 2.40 bits per heavy atom. The molecule has 7 heteroatoms. The van der Waals surface area contributed by atoms with Crippen LogP contribution in [0, 0.1) is 0 Å². The van der Waals surface area contributed by atoms with Gasteiger partial charge in [0.1, 0.15) is 0 Å². The van der Waals surface area contributed by atoms with Gasteiger partial charge in [0.15, 0.2) is 0 Å². The summed E-state index contributed by atoms with van der Waals surface area (Å²) < 4.78 is 5.55. The average molecular weight is 278 g/mol. The molecule has 1 aromatic rings. The first-order chi connectivity index (χ1) is 9.72. The second-order valence-corrected chi connectivity index (χ2v) is 5.47. The lowest BCUT2D eigenvalue weighted by molar-refractivity contribution is 0.0526. The molecule has 20 heavy (non-hydrogen) atoms. The highest BCUT2D eigenvalue weighted by Gasteiger charge is 2.22. The normalized spacial score (nSPS) is 23.9. The largest absolute Gasteiger partial charge is 0.375 e. The van der Waals surface area contributed by atoms with E-state index >= 15 is 0 Å². The van der Waals surface area contributed by atoms with Gasteiger partial charge in [-0.05, 0) is 26.2 Å². The Morgan fingerprint density at radius 2 is 1.70 bits per heavy atom. The highest BCUT2D eigenvalue weighted by atomic mass is 16.5. The van der Waals surface area contributed by atoms with Gasteiger partial charge in [0.25, 0.3) is 0 Å². The van der Waals surface area contributed by atoms with Gasteiger partial charge in [-0.2, -0.15) is 15.0 Å². The summed E-state index contributed by atoms with van der Waals surface area (Å²) in [5.74, 6) is 1.69. The molecule has 2 saturated heterocycles. The van der Waals surface area contributed by atoms with Gasteiger partial charge in [0.2, 0.25) is 17.8 Å². The van der Waals surface area contributed by atoms with E-state index in [0.717, 1.165) is 26.2 Å². The number of nitrogens with two attached hydrogens (primary N) is 1. The fourth-order valence-electron chi connectivity index (χ4n) is 2.75. The van der Waals surface area contributed by atoms with E-state index in [0.29, 0.717) is 24.5 Å². The quantitative estimate of drug-likeness (QED) is 0.851. The van der Waals surface area contributed by atoms with Crippen LogP contribution >= 0.6 is 0 Å². The first-order valence-corrected chi connectivity index (χ1v) is 7.35. The third kappa shape index (κ3) is 2.92. The molecule has 3 heterocycles. The lowest BCUT2D eigenvalue weighted by Crippen LogP contribution is -2.42. The molecule has 1 unspecified atom stereocenters. The Bertz CT molecular complexity index is 462. The number of hydrogen-bond acceptors (Lipinski definition) is 7. The highest BCUT2D eigenvalue weighted by molar-refractivity contribution is 5.44. The number of nitrogens with zero attached hydrogens (tertiary/aromatic N) is 5. The number of hydrogen-bond donors (Lipinski definition) is 1. The summed E-state index contributed by atoms with van der Waals surface area (Å²) in [4.78, 5) is 17.5. The average Bonchev–Trinajstić information content (AvgIpc) is 2.47. The lowest BCUT2D eigenvalue weighted by Gasteiger charge is -2.32. The molecule has 0 aliphatic carbocycles. The Hall–Kier alpha value is -1.63. The molecule has 7 nitrogen and oxygen atoms in total.